The van der Waals surface area contributed by atoms with Crippen molar-refractivity contribution in [1.29, 1.82) is 0 Å². The van der Waals surface area contributed by atoms with Gasteiger partial charge in [-0.25, -0.2) is 4.98 Å². The number of rotatable bonds is 4. The van der Waals surface area contributed by atoms with Crippen LogP contribution in [0.3, 0.4) is 0 Å². The van der Waals surface area contributed by atoms with Crippen molar-refractivity contribution in [3.63, 3.8) is 0 Å². The minimum Gasteiger partial charge on any atom is -0.366 e. The first kappa shape index (κ1) is 16.2. The second-order valence-corrected chi connectivity index (χ2v) is 6.91. The maximum atomic E-state index is 13.3. The molecule has 9 heteroatoms. The molecule has 2 aliphatic rings. The van der Waals surface area contributed by atoms with Gasteiger partial charge >= 0.3 is 6.18 Å². The van der Waals surface area contributed by atoms with Crippen LogP contribution in [0.25, 0.3) is 0 Å². The summed E-state index contributed by atoms with van der Waals surface area (Å²) in [7, 11) is 1.75. The van der Waals surface area contributed by atoms with E-state index >= 15 is 0 Å². The number of halogens is 3. The predicted molar refractivity (Wildman–Crippen MR) is 86.4 cm³/mol. The van der Waals surface area contributed by atoms with E-state index in [1.807, 2.05) is 0 Å². The Kier molecular flexibility index (Phi) is 3.81. The molecule has 25 heavy (non-hydrogen) atoms. The Morgan fingerprint density at radius 3 is 2.64 bits per heavy atom. The van der Waals surface area contributed by atoms with Gasteiger partial charge < -0.3 is 10.6 Å². The van der Waals surface area contributed by atoms with Crippen LogP contribution in [0.1, 0.15) is 31.2 Å². The largest absolute Gasteiger partial charge is 0.421 e. The Bertz CT molecular complexity index is 771. The van der Waals surface area contributed by atoms with Gasteiger partial charge in [0.25, 0.3) is 0 Å². The van der Waals surface area contributed by atoms with Crippen LogP contribution >= 0.6 is 0 Å². The third kappa shape index (κ3) is 3.27. The first-order chi connectivity index (χ1) is 11.9. The van der Waals surface area contributed by atoms with Crippen molar-refractivity contribution in [1.82, 2.24) is 19.7 Å². The van der Waals surface area contributed by atoms with Gasteiger partial charge in [-0.15, -0.1) is 0 Å². The molecule has 2 N–H and O–H groups in total. The molecule has 0 amide bonds. The van der Waals surface area contributed by atoms with E-state index in [0.29, 0.717) is 17.5 Å². The Morgan fingerprint density at radius 1 is 1.20 bits per heavy atom. The average Bonchev–Trinajstić information content (AvgIpc) is 3.24. The molecule has 2 aromatic rings. The van der Waals surface area contributed by atoms with E-state index < -0.39 is 11.7 Å². The zero-order chi connectivity index (χ0) is 17.6. The smallest absolute Gasteiger partial charge is 0.366 e. The molecule has 3 atom stereocenters. The Morgan fingerprint density at radius 2 is 2.04 bits per heavy atom. The van der Waals surface area contributed by atoms with Crippen molar-refractivity contribution in [2.24, 2.45) is 18.9 Å². The van der Waals surface area contributed by atoms with E-state index in [2.05, 4.69) is 25.7 Å². The highest BCUT2D eigenvalue weighted by Gasteiger charge is 2.41. The van der Waals surface area contributed by atoms with Crippen LogP contribution < -0.4 is 10.6 Å². The molecule has 2 aromatic heterocycles. The minimum atomic E-state index is -4.49. The summed E-state index contributed by atoms with van der Waals surface area (Å²) < 4.78 is 41.5. The lowest BCUT2D eigenvalue weighted by Crippen LogP contribution is -2.28. The number of hydrogen-bond acceptors (Lipinski definition) is 5. The molecule has 0 spiro atoms. The van der Waals surface area contributed by atoms with Crippen molar-refractivity contribution < 1.29 is 13.2 Å². The van der Waals surface area contributed by atoms with Gasteiger partial charge in [0, 0.05) is 25.5 Å². The van der Waals surface area contributed by atoms with Gasteiger partial charge in [0.1, 0.15) is 11.4 Å². The minimum absolute atomic E-state index is 0.0565. The highest BCUT2D eigenvalue weighted by atomic mass is 19.4. The summed E-state index contributed by atoms with van der Waals surface area (Å²) in [6.07, 6.45) is 3.88. The molecule has 0 saturated heterocycles. The summed E-state index contributed by atoms with van der Waals surface area (Å²) in [5.74, 6) is 1.04. The number of aromatic nitrogens is 4. The fourth-order valence-electron chi connectivity index (χ4n) is 3.97. The molecule has 6 nitrogen and oxygen atoms in total. The van der Waals surface area contributed by atoms with E-state index in [1.54, 1.807) is 24.1 Å². The number of hydrogen-bond donors (Lipinski definition) is 2. The van der Waals surface area contributed by atoms with Gasteiger partial charge in [-0.05, 0) is 31.1 Å². The number of fused-ring (bicyclic) bond motifs is 2. The van der Waals surface area contributed by atoms with Crippen molar-refractivity contribution in [2.45, 2.75) is 37.9 Å². The van der Waals surface area contributed by atoms with Gasteiger partial charge in [0.05, 0.1) is 11.9 Å². The molecule has 134 valence electrons. The number of nitrogens with zero attached hydrogens (tertiary/aromatic N) is 4. The molecule has 2 aliphatic carbocycles. The molecule has 2 saturated carbocycles. The number of alkyl halides is 3. The van der Waals surface area contributed by atoms with Crippen LogP contribution in [-0.2, 0) is 13.2 Å². The highest BCUT2D eigenvalue weighted by molar-refractivity contribution is 5.55. The number of anilines is 3. The van der Waals surface area contributed by atoms with E-state index in [9.17, 15) is 13.2 Å². The molecule has 0 radical (unpaired) electrons. The lowest BCUT2D eigenvalue weighted by Gasteiger charge is -2.25. The summed E-state index contributed by atoms with van der Waals surface area (Å²) in [5, 5.41) is 9.94. The first-order valence-corrected chi connectivity index (χ1v) is 8.35. The third-order valence-corrected chi connectivity index (χ3v) is 5.12. The number of aryl methyl sites for hydroxylation is 1. The lowest BCUT2D eigenvalue weighted by atomic mass is 9.95. The second kappa shape index (κ2) is 5.89. The molecular weight excluding hydrogens is 333 g/mol. The second-order valence-electron chi connectivity index (χ2n) is 6.91. The van der Waals surface area contributed by atoms with Crippen LogP contribution in [0.15, 0.2) is 18.6 Å². The van der Waals surface area contributed by atoms with Crippen molar-refractivity contribution in [3.05, 3.63) is 24.2 Å². The molecule has 2 fully saturated rings. The molecule has 2 heterocycles. The van der Waals surface area contributed by atoms with Crippen molar-refractivity contribution >= 4 is 17.5 Å². The third-order valence-electron chi connectivity index (χ3n) is 5.12. The highest BCUT2D eigenvalue weighted by Crippen LogP contribution is 2.46. The molecule has 4 rings (SSSR count). The summed E-state index contributed by atoms with van der Waals surface area (Å²) in [4.78, 5) is 7.91. The molecule has 2 bridgehead atoms. The van der Waals surface area contributed by atoms with Crippen LogP contribution in [0.4, 0.5) is 30.6 Å². The van der Waals surface area contributed by atoms with E-state index in [0.717, 1.165) is 25.5 Å². The average molecular weight is 352 g/mol. The van der Waals surface area contributed by atoms with Crippen LogP contribution in [0.5, 0.6) is 0 Å². The summed E-state index contributed by atoms with van der Waals surface area (Å²) in [6.45, 7) is 0. The zero-order valence-electron chi connectivity index (χ0n) is 13.7. The standard InChI is InChI=1S/C16H19F3N6/c1-25-8-11(6-21-25)22-15-20-7-12(16(17,18)19)14(24-15)23-13-5-9-2-3-10(13)4-9/h6-10,13H,2-5H2,1H3,(H2,20,22,23,24)/t9-,10+,13+/m1/s1. The summed E-state index contributed by atoms with van der Waals surface area (Å²) >= 11 is 0. The van der Waals surface area contributed by atoms with Gasteiger partial charge in [0.2, 0.25) is 5.95 Å². The normalized spacial score (nSPS) is 25.4. The van der Waals surface area contributed by atoms with E-state index in [-0.39, 0.29) is 17.8 Å². The van der Waals surface area contributed by atoms with Gasteiger partial charge in [0.15, 0.2) is 0 Å². The first-order valence-electron chi connectivity index (χ1n) is 8.35. The van der Waals surface area contributed by atoms with Crippen LogP contribution in [0.2, 0.25) is 0 Å². The Hall–Kier alpha value is -2.32. The molecule has 0 aliphatic heterocycles. The number of nitrogens with one attached hydrogen (secondary N) is 2. The van der Waals surface area contributed by atoms with Crippen molar-refractivity contribution in [2.75, 3.05) is 10.6 Å². The fraction of sp³-hybridized carbons (Fsp3) is 0.562. The lowest BCUT2D eigenvalue weighted by molar-refractivity contribution is -0.137. The topological polar surface area (TPSA) is 67.7 Å². The SMILES string of the molecule is Cn1cc(Nc2ncc(C(F)(F)F)c(N[C@H]3C[C@@H]4CC[C@H]3C4)n2)cn1. The van der Waals surface area contributed by atoms with E-state index in [1.165, 1.54) is 6.42 Å². The molecular formula is C16H19F3N6. The van der Waals surface area contributed by atoms with Crippen LogP contribution in [0, 0.1) is 11.8 Å². The fourth-order valence-corrected chi connectivity index (χ4v) is 3.97. The zero-order valence-corrected chi connectivity index (χ0v) is 13.7. The Balaban J connectivity index is 1.60. The van der Waals surface area contributed by atoms with Gasteiger partial charge in [-0.3, -0.25) is 4.68 Å². The molecule has 0 aromatic carbocycles. The summed E-state index contributed by atoms with van der Waals surface area (Å²) in [5.41, 5.74) is -0.208. The van der Waals surface area contributed by atoms with Crippen molar-refractivity contribution in [3.8, 4) is 0 Å². The monoisotopic (exact) mass is 352 g/mol. The van der Waals surface area contributed by atoms with Gasteiger partial charge in [-0.1, -0.05) is 6.42 Å². The van der Waals surface area contributed by atoms with E-state index in [4.69, 9.17) is 0 Å². The quantitative estimate of drug-likeness (QED) is 0.880. The maximum absolute atomic E-state index is 13.3. The van der Waals surface area contributed by atoms with Crippen LogP contribution in [-0.4, -0.2) is 25.8 Å². The molecule has 0 unspecified atom stereocenters. The summed E-state index contributed by atoms with van der Waals surface area (Å²) in [6, 6.07) is 0.0565. The maximum Gasteiger partial charge on any atom is 0.421 e. The van der Waals surface area contributed by atoms with Gasteiger partial charge in [-0.2, -0.15) is 23.3 Å². The predicted octanol–water partition coefficient (Wildman–Crippen LogP) is 3.57. The Labute approximate surface area is 142 Å².